The Labute approximate surface area is 81.7 Å². The van der Waals surface area contributed by atoms with Gasteiger partial charge in [-0.1, -0.05) is 0 Å². The number of hydrogen-bond acceptors (Lipinski definition) is 2. The van der Waals surface area contributed by atoms with Gasteiger partial charge in [0.25, 0.3) is 0 Å². The Balaban J connectivity index is 3.05. The molecule has 0 saturated heterocycles. The van der Waals surface area contributed by atoms with Crippen LogP contribution in [0, 0.1) is 11.6 Å². The van der Waals surface area contributed by atoms with Crippen molar-refractivity contribution in [2.75, 3.05) is 0 Å². The molecule has 0 aliphatic rings. The van der Waals surface area contributed by atoms with E-state index in [-0.39, 0.29) is 18.4 Å². The zero-order valence-electron chi connectivity index (χ0n) is 8.18. The van der Waals surface area contributed by atoms with Gasteiger partial charge in [-0.3, -0.25) is 0 Å². The Kier molecular flexibility index (Phi) is 3.41. The first kappa shape index (κ1) is 10.9. The van der Waals surface area contributed by atoms with E-state index in [1.54, 1.807) is 13.8 Å². The van der Waals surface area contributed by atoms with Crippen LogP contribution in [0.4, 0.5) is 8.78 Å². The van der Waals surface area contributed by atoms with Gasteiger partial charge in [-0.15, -0.1) is 0 Å². The van der Waals surface area contributed by atoms with Gasteiger partial charge in [0, 0.05) is 6.54 Å². The zero-order valence-corrected chi connectivity index (χ0v) is 8.18. The third-order valence-electron chi connectivity index (χ3n) is 1.65. The van der Waals surface area contributed by atoms with Crippen LogP contribution in [0.2, 0.25) is 0 Å². The van der Waals surface area contributed by atoms with E-state index < -0.39 is 11.6 Å². The molecule has 0 aliphatic heterocycles. The summed E-state index contributed by atoms with van der Waals surface area (Å²) in [5, 5.41) is 0. The Bertz CT molecular complexity index is 303. The number of nitrogens with two attached hydrogens (primary N) is 1. The van der Waals surface area contributed by atoms with Crippen molar-refractivity contribution in [3.05, 3.63) is 29.3 Å². The van der Waals surface area contributed by atoms with Crippen LogP contribution in [0.15, 0.2) is 12.1 Å². The Hall–Kier alpha value is -1.16. The van der Waals surface area contributed by atoms with Gasteiger partial charge in [-0.05, 0) is 31.5 Å². The summed E-state index contributed by atoms with van der Waals surface area (Å²) in [7, 11) is 0. The summed E-state index contributed by atoms with van der Waals surface area (Å²) in [6.07, 6.45) is -0.261. The van der Waals surface area contributed by atoms with Crippen molar-refractivity contribution >= 4 is 0 Å². The maximum Gasteiger partial charge on any atom is 0.191 e. The molecule has 0 amide bonds. The van der Waals surface area contributed by atoms with Crippen molar-refractivity contribution in [3.63, 3.8) is 0 Å². The van der Waals surface area contributed by atoms with Gasteiger partial charge in [-0.25, -0.2) is 8.78 Å². The molecule has 0 aliphatic carbocycles. The molecule has 0 radical (unpaired) electrons. The first-order valence-corrected chi connectivity index (χ1v) is 4.39. The molecule has 2 N–H and O–H groups in total. The first-order valence-electron chi connectivity index (χ1n) is 4.39. The molecule has 0 saturated carbocycles. The van der Waals surface area contributed by atoms with Crippen LogP contribution >= 0.6 is 0 Å². The lowest BCUT2D eigenvalue weighted by molar-refractivity contribution is 0.219. The largest absolute Gasteiger partial charge is 0.485 e. The minimum Gasteiger partial charge on any atom is -0.485 e. The molecule has 1 aromatic carbocycles. The molecular formula is C10H13F2NO. The normalized spacial score (nSPS) is 10.7. The van der Waals surface area contributed by atoms with E-state index in [0.717, 1.165) is 0 Å². The van der Waals surface area contributed by atoms with Crippen molar-refractivity contribution in [1.82, 2.24) is 0 Å². The van der Waals surface area contributed by atoms with Crippen molar-refractivity contribution in [1.29, 1.82) is 0 Å². The summed E-state index contributed by atoms with van der Waals surface area (Å²) >= 11 is 0. The van der Waals surface area contributed by atoms with Gasteiger partial charge in [0.2, 0.25) is 0 Å². The van der Waals surface area contributed by atoms with E-state index in [0.29, 0.717) is 5.56 Å². The standard InChI is InChI=1S/C10H13F2NO/c1-6(2)14-10-8(11)3-7(5-13)4-9(10)12/h3-4,6H,5,13H2,1-2H3. The van der Waals surface area contributed by atoms with Crippen LogP contribution in [0.5, 0.6) is 5.75 Å². The molecule has 0 fully saturated rings. The summed E-state index contributed by atoms with van der Waals surface area (Å²) in [6, 6.07) is 2.36. The first-order chi connectivity index (χ1) is 6.54. The van der Waals surface area contributed by atoms with Crippen LogP contribution in [-0.2, 0) is 6.54 Å². The number of ether oxygens (including phenoxy) is 1. The Morgan fingerprint density at radius 2 is 1.79 bits per heavy atom. The summed E-state index contributed by atoms with van der Waals surface area (Å²) < 4.78 is 31.5. The third-order valence-corrected chi connectivity index (χ3v) is 1.65. The van der Waals surface area contributed by atoms with Gasteiger partial charge in [0.05, 0.1) is 6.10 Å². The molecule has 4 heteroatoms. The van der Waals surface area contributed by atoms with Gasteiger partial charge in [0.15, 0.2) is 17.4 Å². The SMILES string of the molecule is CC(C)Oc1c(F)cc(CN)cc1F. The van der Waals surface area contributed by atoms with Crippen LogP contribution in [0.3, 0.4) is 0 Å². The quantitative estimate of drug-likeness (QED) is 0.813. The maximum absolute atomic E-state index is 13.2. The van der Waals surface area contributed by atoms with Gasteiger partial charge in [0.1, 0.15) is 0 Å². The Morgan fingerprint density at radius 3 is 2.14 bits per heavy atom. The van der Waals surface area contributed by atoms with Gasteiger partial charge < -0.3 is 10.5 Å². The summed E-state index contributed by atoms with van der Waals surface area (Å²) in [5.41, 5.74) is 5.68. The predicted octanol–water partition coefficient (Wildman–Crippen LogP) is 2.21. The molecule has 1 rings (SSSR count). The molecule has 2 nitrogen and oxygen atoms in total. The third kappa shape index (κ3) is 2.42. The van der Waals surface area contributed by atoms with Crippen molar-refractivity contribution < 1.29 is 13.5 Å². The Morgan fingerprint density at radius 1 is 1.29 bits per heavy atom. The predicted molar refractivity (Wildman–Crippen MR) is 50.0 cm³/mol. The van der Waals surface area contributed by atoms with Crippen LogP contribution in [0.25, 0.3) is 0 Å². The minimum absolute atomic E-state index is 0.107. The smallest absolute Gasteiger partial charge is 0.191 e. The molecule has 78 valence electrons. The minimum atomic E-state index is -0.709. The summed E-state index contributed by atoms with van der Waals surface area (Å²) in [5.74, 6) is -1.75. The van der Waals surface area contributed by atoms with E-state index >= 15 is 0 Å². The molecule has 0 heterocycles. The van der Waals surface area contributed by atoms with Crippen molar-refractivity contribution in [3.8, 4) is 5.75 Å². The number of hydrogen-bond donors (Lipinski definition) is 1. The highest BCUT2D eigenvalue weighted by atomic mass is 19.1. The van der Waals surface area contributed by atoms with Gasteiger partial charge >= 0.3 is 0 Å². The van der Waals surface area contributed by atoms with E-state index in [9.17, 15) is 8.78 Å². The van der Waals surface area contributed by atoms with E-state index in [1.807, 2.05) is 0 Å². The fourth-order valence-electron chi connectivity index (χ4n) is 1.08. The second-order valence-electron chi connectivity index (χ2n) is 3.26. The summed E-state index contributed by atoms with van der Waals surface area (Å²) in [4.78, 5) is 0. The molecule has 14 heavy (non-hydrogen) atoms. The topological polar surface area (TPSA) is 35.2 Å². The van der Waals surface area contributed by atoms with Crippen LogP contribution in [0.1, 0.15) is 19.4 Å². The average Bonchev–Trinajstić information content (AvgIpc) is 2.10. The highest BCUT2D eigenvalue weighted by Gasteiger charge is 2.13. The van der Waals surface area contributed by atoms with E-state index in [4.69, 9.17) is 10.5 Å². The second kappa shape index (κ2) is 4.37. The molecule has 1 aromatic rings. The number of benzene rings is 1. The highest BCUT2D eigenvalue weighted by molar-refractivity contribution is 5.31. The number of rotatable bonds is 3. The average molecular weight is 201 g/mol. The second-order valence-corrected chi connectivity index (χ2v) is 3.26. The molecule has 0 spiro atoms. The monoisotopic (exact) mass is 201 g/mol. The van der Waals surface area contributed by atoms with Gasteiger partial charge in [-0.2, -0.15) is 0 Å². The fraction of sp³-hybridized carbons (Fsp3) is 0.400. The van der Waals surface area contributed by atoms with Crippen LogP contribution < -0.4 is 10.5 Å². The lowest BCUT2D eigenvalue weighted by Gasteiger charge is -2.12. The van der Waals surface area contributed by atoms with E-state index in [1.165, 1.54) is 12.1 Å². The molecule has 0 atom stereocenters. The zero-order chi connectivity index (χ0) is 10.7. The van der Waals surface area contributed by atoms with Crippen molar-refractivity contribution in [2.24, 2.45) is 5.73 Å². The summed E-state index contributed by atoms with van der Waals surface area (Å²) in [6.45, 7) is 3.52. The molecule has 0 aromatic heterocycles. The number of halogens is 2. The highest BCUT2D eigenvalue weighted by Crippen LogP contribution is 2.24. The molecule has 0 unspecified atom stereocenters. The molecule has 0 bridgehead atoms. The maximum atomic E-state index is 13.2. The molecular weight excluding hydrogens is 188 g/mol. The lowest BCUT2D eigenvalue weighted by atomic mass is 10.2. The fourth-order valence-corrected chi connectivity index (χ4v) is 1.08. The van der Waals surface area contributed by atoms with Crippen molar-refractivity contribution in [2.45, 2.75) is 26.5 Å². The van der Waals surface area contributed by atoms with E-state index in [2.05, 4.69) is 0 Å². The lowest BCUT2D eigenvalue weighted by Crippen LogP contribution is -2.09. The van der Waals surface area contributed by atoms with Crippen LogP contribution in [-0.4, -0.2) is 6.10 Å².